The third-order valence-electron chi connectivity index (χ3n) is 3.28. The number of benzene rings is 1. The van der Waals surface area contributed by atoms with Crippen LogP contribution in [0.25, 0.3) is 0 Å². The van der Waals surface area contributed by atoms with Gasteiger partial charge in [-0.2, -0.15) is 0 Å². The Hall–Kier alpha value is -1.35. The predicted molar refractivity (Wildman–Crippen MR) is 63.9 cm³/mol. The number of hydrogen-bond donors (Lipinski definition) is 1. The highest BCUT2D eigenvalue weighted by atomic mass is 16.1. The van der Waals surface area contributed by atoms with Gasteiger partial charge in [-0.15, -0.1) is 0 Å². The third-order valence-corrected chi connectivity index (χ3v) is 3.28. The van der Waals surface area contributed by atoms with Crippen molar-refractivity contribution in [3.63, 3.8) is 0 Å². The lowest BCUT2D eigenvalue weighted by molar-refractivity contribution is -0.119. The van der Waals surface area contributed by atoms with Gasteiger partial charge in [-0.1, -0.05) is 24.3 Å². The summed E-state index contributed by atoms with van der Waals surface area (Å²) in [7, 11) is 1.97. The summed E-state index contributed by atoms with van der Waals surface area (Å²) in [6.45, 7) is 0.332. The first kappa shape index (κ1) is 11.1. The Bertz CT molecular complexity index is 389. The summed E-state index contributed by atoms with van der Waals surface area (Å²) < 4.78 is 0. The molecule has 3 heteroatoms. The van der Waals surface area contributed by atoms with E-state index < -0.39 is 0 Å². The van der Waals surface area contributed by atoms with Crippen molar-refractivity contribution in [2.75, 3.05) is 13.6 Å². The van der Waals surface area contributed by atoms with Crippen molar-refractivity contribution in [3.8, 4) is 0 Å². The topological polar surface area (TPSA) is 46.3 Å². The quantitative estimate of drug-likeness (QED) is 0.835. The fourth-order valence-corrected chi connectivity index (χ4v) is 2.54. The molecule has 0 aliphatic heterocycles. The minimum atomic E-state index is -0.259. The highest BCUT2D eigenvalue weighted by Crippen LogP contribution is 2.32. The van der Waals surface area contributed by atoms with Gasteiger partial charge in [0.15, 0.2) is 0 Å². The Morgan fingerprint density at radius 1 is 1.50 bits per heavy atom. The first-order valence-electron chi connectivity index (χ1n) is 5.75. The largest absolute Gasteiger partial charge is 0.369 e. The molecule has 0 saturated carbocycles. The summed E-state index contributed by atoms with van der Waals surface area (Å²) in [5.74, 6) is -0.259. The maximum absolute atomic E-state index is 10.9. The van der Waals surface area contributed by atoms with Crippen LogP contribution in [0.5, 0.6) is 0 Å². The molecular weight excluding hydrogens is 200 g/mol. The SMILES string of the molecule is CN(CC(N)=O)[C@@H]1CCCc2ccccc21. The number of nitrogens with two attached hydrogens (primary N) is 1. The summed E-state index contributed by atoms with van der Waals surface area (Å²) in [4.78, 5) is 13.0. The first-order chi connectivity index (χ1) is 7.68. The highest BCUT2D eigenvalue weighted by molar-refractivity contribution is 5.75. The van der Waals surface area contributed by atoms with E-state index in [9.17, 15) is 4.79 Å². The molecule has 0 spiro atoms. The third kappa shape index (κ3) is 2.25. The molecule has 86 valence electrons. The van der Waals surface area contributed by atoms with E-state index in [-0.39, 0.29) is 5.91 Å². The lowest BCUT2D eigenvalue weighted by atomic mass is 9.87. The van der Waals surface area contributed by atoms with Gasteiger partial charge >= 0.3 is 0 Å². The Balaban J connectivity index is 2.21. The molecule has 0 fully saturated rings. The number of nitrogens with zero attached hydrogens (tertiary/aromatic N) is 1. The zero-order chi connectivity index (χ0) is 11.5. The average molecular weight is 218 g/mol. The summed E-state index contributed by atoms with van der Waals surface area (Å²) in [5, 5.41) is 0. The van der Waals surface area contributed by atoms with Crippen LogP contribution < -0.4 is 5.73 Å². The van der Waals surface area contributed by atoms with Crippen LogP contribution in [0.3, 0.4) is 0 Å². The minimum absolute atomic E-state index is 0.259. The Kier molecular flexibility index (Phi) is 3.25. The zero-order valence-electron chi connectivity index (χ0n) is 9.65. The van der Waals surface area contributed by atoms with E-state index in [0.717, 1.165) is 12.8 Å². The lowest BCUT2D eigenvalue weighted by Crippen LogP contribution is -2.35. The summed E-state index contributed by atoms with van der Waals surface area (Å²) in [6, 6.07) is 8.83. The first-order valence-corrected chi connectivity index (χ1v) is 5.75. The van der Waals surface area contributed by atoms with E-state index in [1.165, 1.54) is 17.5 Å². The van der Waals surface area contributed by atoms with E-state index in [1.807, 2.05) is 7.05 Å². The number of carbonyl (C=O) groups is 1. The molecule has 0 bridgehead atoms. The van der Waals surface area contributed by atoms with E-state index in [0.29, 0.717) is 12.6 Å². The Morgan fingerprint density at radius 2 is 2.25 bits per heavy atom. The fraction of sp³-hybridized carbons (Fsp3) is 0.462. The molecule has 16 heavy (non-hydrogen) atoms. The van der Waals surface area contributed by atoms with Gasteiger partial charge in [0.2, 0.25) is 5.91 Å². The van der Waals surface area contributed by atoms with Gasteiger partial charge in [-0.3, -0.25) is 9.69 Å². The number of hydrogen-bond acceptors (Lipinski definition) is 2. The molecule has 3 nitrogen and oxygen atoms in total. The van der Waals surface area contributed by atoms with Gasteiger partial charge in [-0.25, -0.2) is 0 Å². The van der Waals surface area contributed by atoms with Gasteiger partial charge in [0.1, 0.15) is 0 Å². The van der Waals surface area contributed by atoms with Crippen LogP contribution in [0.2, 0.25) is 0 Å². The molecule has 1 aliphatic carbocycles. The van der Waals surface area contributed by atoms with Gasteiger partial charge in [0.05, 0.1) is 6.54 Å². The molecule has 0 unspecified atom stereocenters. The number of rotatable bonds is 3. The van der Waals surface area contributed by atoms with Crippen LogP contribution in [0.15, 0.2) is 24.3 Å². The average Bonchev–Trinajstić information content (AvgIpc) is 2.27. The standard InChI is InChI=1S/C13H18N2O/c1-15(9-13(14)16)12-8-4-6-10-5-2-3-7-11(10)12/h2-3,5,7,12H,4,6,8-9H2,1H3,(H2,14,16)/t12-/m1/s1. The van der Waals surface area contributed by atoms with Crippen LogP contribution in [0, 0.1) is 0 Å². The van der Waals surface area contributed by atoms with Crippen LogP contribution in [-0.4, -0.2) is 24.4 Å². The van der Waals surface area contributed by atoms with Crippen LogP contribution in [0.1, 0.15) is 30.0 Å². The molecule has 0 aromatic heterocycles. The zero-order valence-corrected chi connectivity index (χ0v) is 9.65. The predicted octanol–water partition coefficient (Wildman–Crippen LogP) is 1.48. The second-order valence-electron chi connectivity index (χ2n) is 4.49. The van der Waals surface area contributed by atoms with Gasteiger partial charge in [0.25, 0.3) is 0 Å². The molecule has 2 N–H and O–H groups in total. The minimum Gasteiger partial charge on any atom is -0.369 e. The van der Waals surface area contributed by atoms with E-state index in [1.54, 1.807) is 0 Å². The van der Waals surface area contributed by atoms with E-state index in [4.69, 9.17) is 5.73 Å². The van der Waals surface area contributed by atoms with Crippen molar-refractivity contribution in [1.29, 1.82) is 0 Å². The van der Waals surface area contributed by atoms with Crippen molar-refractivity contribution >= 4 is 5.91 Å². The molecule has 1 atom stereocenters. The van der Waals surface area contributed by atoms with E-state index >= 15 is 0 Å². The van der Waals surface area contributed by atoms with Gasteiger partial charge in [-0.05, 0) is 37.4 Å². The van der Waals surface area contributed by atoms with Gasteiger partial charge in [0, 0.05) is 6.04 Å². The molecule has 2 rings (SSSR count). The molecule has 1 aromatic carbocycles. The number of likely N-dealkylation sites (N-methyl/N-ethyl adjacent to an activating group) is 1. The second-order valence-corrected chi connectivity index (χ2v) is 4.49. The number of fused-ring (bicyclic) bond motifs is 1. The summed E-state index contributed by atoms with van der Waals surface area (Å²) in [5.41, 5.74) is 8.01. The number of primary amides is 1. The number of amides is 1. The van der Waals surface area contributed by atoms with Crippen LogP contribution in [0.4, 0.5) is 0 Å². The molecular formula is C13H18N2O. The Labute approximate surface area is 96.2 Å². The smallest absolute Gasteiger partial charge is 0.231 e. The molecule has 0 saturated heterocycles. The Morgan fingerprint density at radius 3 is 3.00 bits per heavy atom. The van der Waals surface area contributed by atoms with Crippen molar-refractivity contribution in [1.82, 2.24) is 4.90 Å². The van der Waals surface area contributed by atoms with Gasteiger partial charge < -0.3 is 5.73 Å². The number of aryl methyl sites for hydroxylation is 1. The molecule has 1 aromatic rings. The van der Waals surface area contributed by atoms with Crippen molar-refractivity contribution in [2.24, 2.45) is 5.73 Å². The molecule has 1 amide bonds. The van der Waals surface area contributed by atoms with Crippen molar-refractivity contribution < 1.29 is 4.79 Å². The summed E-state index contributed by atoms with van der Waals surface area (Å²) >= 11 is 0. The van der Waals surface area contributed by atoms with E-state index in [2.05, 4.69) is 29.2 Å². The monoisotopic (exact) mass is 218 g/mol. The maximum atomic E-state index is 10.9. The highest BCUT2D eigenvalue weighted by Gasteiger charge is 2.23. The van der Waals surface area contributed by atoms with Crippen molar-refractivity contribution in [2.45, 2.75) is 25.3 Å². The normalized spacial score (nSPS) is 19.5. The molecule has 0 radical (unpaired) electrons. The summed E-state index contributed by atoms with van der Waals surface area (Å²) in [6.07, 6.45) is 3.45. The molecule has 0 heterocycles. The maximum Gasteiger partial charge on any atom is 0.231 e. The van der Waals surface area contributed by atoms with Crippen LogP contribution in [-0.2, 0) is 11.2 Å². The number of carbonyl (C=O) groups excluding carboxylic acids is 1. The van der Waals surface area contributed by atoms with Crippen LogP contribution >= 0.6 is 0 Å². The lowest BCUT2D eigenvalue weighted by Gasteiger charge is -2.32. The fourth-order valence-electron chi connectivity index (χ4n) is 2.54. The van der Waals surface area contributed by atoms with Crippen molar-refractivity contribution in [3.05, 3.63) is 35.4 Å². The second kappa shape index (κ2) is 4.66. The molecule has 1 aliphatic rings.